The van der Waals surface area contributed by atoms with Gasteiger partial charge in [-0.3, -0.25) is 9.48 Å². The van der Waals surface area contributed by atoms with Crippen molar-refractivity contribution in [2.75, 3.05) is 18.1 Å². The molecule has 61 heavy (non-hydrogen) atoms. The second-order valence-electron chi connectivity index (χ2n) is 15.1. The maximum absolute atomic E-state index is 16.7. The van der Waals surface area contributed by atoms with Crippen molar-refractivity contribution in [3.63, 3.8) is 0 Å². The van der Waals surface area contributed by atoms with Crippen molar-refractivity contribution < 1.29 is 35.5 Å². The van der Waals surface area contributed by atoms with Crippen molar-refractivity contribution >= 4 is 59.3 Å². The molecule has 0 saturated heterocycles. The van der Waals surface area contributed by atoms with E-state index in [4.69, 9.17) is 19.6 Å². The number of fused-ring (bicyclic) bond motifs is 9. The summed E-state index contributed by atoms with van der Waals surface area (Å²) in [5.74, 6) is -0.482. The Morgan fingerprint density at radius 1 is 1.02 bits per heavy atom. The molecule has 0 aliphatic carbocycles. The van der Waals surface area contributed by atoms with Gasteiger partial charge < -0.3 is 9.47 Å². The van der Waals surface area contributed by atoms with Crippen LogP contribution in [-0.2, 0) is 61.2 Å². The van der Waals surface area contributed by atoms with Gasteiger partial charge in [-0.15, -0.1) is 0 Å². The first-order chi connectivity index (χ1) is 29.2. The molecule has 1 atom stereocenters. The standard InChI is InChI=1S/C44H42FIN6O7S2/c1-4-58-40(53)16-13-29-9-8-10-30(25-29)44(2)19-23-60(54,55)24-22-51-31(17-20-47-51)26-35-34-18-21-52(61(56,57)33-11-6-5-7-12-33)39(34)28-37(45)41(35)59-32-14-15-38(46)36(27-32)42-48-43(44)49-50(42)3/h5-12,14-15,17-18,20-21,25,27-28H,4,13,16,19,22-24,26H2,1-3H3. The number of aryl methyl sites for hydroxylation is 3. The van der Waals surface area contributed by atoms with Crippen molar-refractivity contribution in [1.29, 1.82) is 0 Å². The Labute approximate surface area is 366 Å². The molecular weight excluding hydrogens is 935 g/mol. The van der Waals surface area contributed by atoms with Crippen molar-refractivity contribution in [2.45, 2.75) is 56.4 Å². The predicted octanol–water partition coefficient (Wildman–Crippen LogP) is 7.62. The number of sulfone groups is 1. The first kappa shape index (κ1) is 42.3. The van der Waals surface area contributed by atoms with E-state index >= 15 is 4.39 Å². The molecule has 4 bridgehead atoms. The fourth-order valence-corrected chi connectivity index (χ4v) is 11.0. The molecule has 7 aromatic rings. The Morgan fingerprint density at radius 3 is 2.61 bits per heavy atom. The number of ether oxygens (including phenoxy) is 2. The molecule has 316 valence electrons. The summed E-state index contributed by atoms with van der Waals surface area (Å²) in [5.41, 5.74) is 2.37. The monoisotopic (exact) mass is 976 g/mol. The second-order valence-corrected chi connectivity index (χ2v) is 20.4. The lowest BCUT2D eigenvalue weighted by Gasteiger charge is -2.28. The van der Waals surface area contributed by atoms with Crippen LogP contribution in [0, 0.1) is 9.39 Å². The van der Waals surface area contributed by atoms with Crippen LogP contribution in [0.4, 0.5) is 4.39 Å². The third kappa shape index (κ3) is 8.46. The van der Waals surface area contributed by atoms with Gasteiger partial charge in [0.2, 0.25) is 0 Å². The normalized spacial score (nSPS) is 16.8. The van der Waals surface area contributed by atoms with Gasteiger partial charge in [-0.1, -0.05) is 42.5 Å². The van der Waals surface area contributed by atoms with E-state index in [1.807, 2.05) is 37.3 Å². The number of rotatable bonds is 7. The second kappa shape index (κ2) is 16.8. The molecule has 8 rings (SSSR count). The third-order valence-corrected chi connectivity index (χ3v) is 15.4. The minimum absolute atomic E-state index is 0.00917. The largest absolute Gasteiger partial charge is 0.466 e. The molecule has 3 aromatic heterocycles. The summed E-state index contributed by atoms with van der Waals surface area (Å²) in [7, 11) is -6.07. The molecule has 13 nitrogen and oxygen atoms in total. The molecule has 4 heterocycles. The van der Waals surface area contributed by atoms with Crippen LogP contribution in [0.5, 0.6) is 11.5 Å². The van der Waals surface area contributed by atoms with Gasteiger partial charge in [0.1, 0.15) is 5.75 Å². The molecule has 0 amide bonds. The molecule has 0 saturated carbocycles. The van der Waals surface area contributed by atoms with Crippen LogP contribution in [0.25, 0.3) is 22.3 Å². The van der Waals surface area contributed by atoms with E-state index in [1.54, 1.807) is 72.0 Å². The molecule has 1 aliphatic heterocycles. The van der Waals surface area contributed by atoms with Crippen LogP contribution in [0.2, 0.25) is 0 Å². The average Bonchev–Trinajstić information content (AvgIpc) is 3.99. The minimum atomic E-state index is -4.11. The summed E-state index contributed by atoms with van der Waals surface area (Å²) in [6.07, 6.45) is 3.77. The van der Waals surface area contributed by atoms with E-state index in [2.05, 4.69) is 27.7 Å². The quantitative estimate of drug-likeness (QED) is 0.115. The van der Waals surface area contributed by atoms with E-state index in [0.717, 1.165) is 24.7 Å². The zero-order valence-corrected chi connectivity index (χ0v) is 37.4. The van der Waals surface area contributed by atoms with Gasteiger partial charge in [0.05, 0.1) is 40.5 Å². The summed E-state index contributed by atoms with van der Waals surface area (Å²) in [4.78, 5) is 17.3. The molecule has 0 fully saturated rings. The first-order valence-corrected chi connectivity index (χ1v) is 24.0. The lowest BCUT2D eigenvalue weighted by atomic mass is 9.78. The molecule has 1 aliphatic rings. The third-order valence-electron chi connectivity index (χ3n) is 11.1. The van der Waals surface area contributed by atoms with E-state index in [1.165, 1.54) is 18.3 Å². The summed E-state index contributed by atoms with van der Waals surface area (Å²) >= 11 is 2.19. The Bertz CT molecular complexity index is 3020. The number of carbonyl (C=O) groups excluding carboxylic acids is 1. The maximum Gasteiger partial charge on any atom is 0.306 e. The van der Waals surface area contributed by atoms with Gasteiger partial charge in [0.15, 0.2) is 33.1 Å². The van der Waals surface area contributed by atoms with Crippen LogP contribution >= 0.6 is 22.6 Å². The zero-order valence-electron chi connectivity index (χ0n) is 33.6. The van der Waals surface area contributed by atoms with E-state index in [9.17, 15) is 21.6 Å². The highest BCUT2D eigenvalue weighted by Gasteiger charge is 2.36. The highest BCUT2D eigenvalue weighted by atomic mass is 127. The van der Waals surface area contributed by atoms with Gasteiger partial charge in [-0.2, -0.15) is 10.2 Å². The van der Waals surface area contributed by atoms with Gasteiger partial charge in [-0.25, -0.2) is 34.9 Å². The fraction of sp³-hybridized carbons (Fsp3) is 0.273. The summed E-state index contributed by atoms with van der Waals surface area (Å²) in [5, 5.41) is 9.77. The predicted molar refractivity (Wildman–Crippen MR) is 236 cm³/mol. The summed E-state index contributed by atoms with van der Waals surface area (Å²) < 4.78 is 89.0. The fourth-order valence-electron chi connectivity index (χ4n) is 7.70. The Balaban J connectivity index is 1.27. The number of nitrogens with zero attached hydrogens (tertiary/aromatic N) is 6. The molecule has 1 unspecified atom stereocenters. The minimum Gasteiger partial charge on any atom is -0.466 e. The maximum atomic E-state index is 16.7. The molecule has 4 aromatic carbocycles. The highest BCUT2D eigenvalue weighted by Crippen LogP contribution is 2.41. The van der Waals surface area contributed by atoms with Crippen molar-refractivity contribution in [3.8, 4) is 22.9 Å². The average molecular weight is 977 g/mol. The van der Waals surface area contributed by atoms with Crippen LogP contribution in [0.15, 0.2) is 108 Å². The van der Waals surface area contributed by atoms with Crippen LogP contribution in [0.3, 0.4) is 0 Å². The zero-order chi connectivity index (χ0) is 43.1. The Hall–Kier alpha value is -5.40. The van der Waals surface area contributed by atoms with Crippen molar-refractivity contribution in [3.05, 3.63) is 141 Å². The lowest BCUT2D eigenvalue weighted by Crippen LogP contribution is -2.30. The van der Waals surface area contributed by atoms with Crippen molar-refractivity contribution in [2.24, 2.45) is 7.05 Å². The van der Waals surface area contributed by atoms with E-state index < -0.39 is 31.1 Å². The Morgan fingerprint density at radius 2 is 1.82 bits per heavy atom. The van der Waals surface area contributed by atoms with Crippen LogP contribution in [0.1, 0.15) is 54.9 Å². The molecule has 0 N–H and O–H groups in total. The molecular formula is C44H42FIN6O7S2. The summed E-state index contributed by atoms with van der Waals surface area (Å²) in [6.45, 7) is 3.99. The number of esters is 1. The van der Waals surface area contributed by atoms with Crippen molar-refractivity contribution in [1.82, 2.24) is 28.5 Å². The van der Waals surface area contributed by atoms with Crippen LogP contribution < -0.4 is 4.74 Å². The lowest BCUT2D eigenvalue weighted by molar-refractivity contribution is -0.143. The Kier molecular flexibility index (Phi) is 11.7. The van der Waals surface area contributed by atoms with Gasteiger partial charge in [0.25, 0.3) is 10.0 Å². The highest BCUT2D eigenvalue weighted by molar-refractivity contribution is 14.1. The number of carbonyl (C=O) groups is 1. The molecule has 0 radical (unpaired) electrons. The van der Waals surface area contributed by atoms with Gasteiger partial charge in [0, 0.05) is 64.1 Å². The van der Waals surface area contributed by atoms with Crippen LogP contribution in [-0.4, -0.2) is 69.4 Å². The number of halogens is 2. The van der Waals surface area contributed by atoms with E-state index in [-0.39, 0.29) is 59.4 Å². The number of benzene rings is 4. The number of hydrogen-bond donors (Lipinski definition) is 0. The number of hydrogen-bond acceptors (Lipinski definition) is 10. The van der Waals surface area contributed by atoms with Gasteiger partial charge in [-0.05, 0) is 103 Å². The smallest absolute Gasteiger partial charge is 0.306 e. The molecule has 17 heteroatoms. The van der Waals surface area contributed by atoms with E-state index in [0.29, 0.717) is 52.6 Å². The molecule has 0 spiro atoms. The number of aromatic nitrogens is 6. The van der Waals surface area contributed by atoms with Gasteiger partial charge >= 0.3 is 5.97 Å². The SMILES string of the molecule is CCOC(=O)CCc1cccc(C2(C)CCS(=O)(=O)CCn3nccc3Cc3c(c(F)cc4c3ccn4S(=O)(=O)c3ccccc3)Oc3ccc(I)c(c3)-c3nc2nn3C)c1. The topological polar surface area (TPSA) is 157 Å². The summed E-state index contributed by atoms with van der Waals surface area (Å²) in [6, 6.07) is 25.4. The first-order valence-electron chi connectivity index (χ1n) is 19.7.